The third kappa shape index (κ3) is 21.7. The molecule has 0 spiro atoms. The van der Waals surface area contributed by atoms with E-state index < -0.39 is 0 Å². The summed E-state index contributed by atoms with van der Waals surface area (Å²) >= 11 is 0. The van der Waals surface area contributed by atoms with Crippen molar-refractivity contribution >= 4 is 0 Å². The second-order valence-electron chi connectivity index (χ2n) is 6.51. The highest BCUT2D eigenvalue weighted by molar-refractivity contribution is 4.95. The quantitative estimate of drug-likeness (QED) is 0.436. The van der Waals surface area contributed by atoms with Crippen LogP contribution in [0.15, 0.2) is 36.5 Å². The summed E-state index contributed by atoms with van der Waals surface area (Å²) in [6, 6.07) is 0. The largest absolute Gasteiger partial charge is 0.103 e. The standard InChI is InChI=1S/3C7H14/c1-5-7(3,4)6-2;1-5-7(4)6(2)3;1-4-6-7(3)5-2/h5H,1,6H2,2-4H3;7H,2,5H2,1,3-4H3;6H,4-5H2,1-3H3. The van der Waals surface area contributed by atoms with Crippen molar-refractivity contribution in [3.05, 3.63) is 36.5 Å². The predicted octanol–water partition coefficient (Wildman–Crippen LogP) is 7.97. The zero-order valence-corrected chi connectivity index (χ0v) is 16.5. The third-order valence-corrected chi connectivity index (χ3v) is 4.03. The minimum Gasteiger partial charge on any atom is -0.103 e. The zero-order valence-electron chi connectivity index (χ0n) is 16.5. The van der Waals surface area contributed by atoms with E-state index in [4.69, 9.17) is 0 Å². The molecule has 0 aromatic carbocycles. The van der Waals surface area contributed by atoms with Gasteiger partial charge in [-0.2, -0.15) is 0 Å². The van der Waals surface area contributed by atoms with Crippen molar-refractivity contribution in [2.24, 2.45) is 11.3 Å². The van der Waals surface area contributed by atoms with E-state index in [0.29, 0.717) is 11.3 Å². The summed E-state index contributed by atoms with van der Waals surface area (Å²) in [5.41, 5.74) is 3.14. The second kappa shape index (κ2) is 15.6. The lowest BCUT2D eigenvalue weighted by Gasteiger charge is -2.14. The molecule has 0 aromatic heterocycles. The summed E-state index contributed by atoms with van der Waals surface area (Å²) in [7, 11) is 0. The van der Waals surface area contributed by atoms with Crippen LogP contribution in [0.4, 0.5) is 0 Å². The van der Waals surface area contributed by atoms with Crippen LogP contribution in [0.1, 0.15) is 88.0 Å². The van der Waals surface area contributed by atoms with Gasteiger partial charge in [-0.3, -0.25) is 0 Å². The van der Waals surface area contributed by atoms with E-state index in [1.807, 2.05) is 6.08 Å². The highest BCUT2D eigenvalue weighted by Gasteiger charge is 2.06. The molecule has 126 valence electrons. The molecule has 0 saturated carbocycles. The number of allylic oxidation sites excluding steroid dienone is 4. The maximum atomic E-state index is 3.83. The molecule has 0 rings (SSSR count). The van der Waals surface area contributed by atoms with Crippen LogP contribution >= 0.6 is 0 Å². The van der Waals surface area contributed by atoms with Gasteiger partial charge in [-0.05, 0) is 50.9 Å². The Labute approximate surface area is 136 Å². The molecule has 0 N–H and O–H groups in total. The molecular formula is C21H42. The molecule has 0 amide bonds. The van der Waals surface area contributed by atoms with E-state index in [9.17, 15) is 0 Å². The first-order valence-corrected chi connectivity index (χ1v) is 8.56. The molecule has 0 nitrogen and oxygen atoms in total. The van der Waals surface area contributed by atoms with E-state index in [2.05, 4.69) is 81.5 Å². The van der Waals surface area contributed by atoms with Crippen molar-refractivity contribution in [3.63, 3.8) is 0 Å². The molecule has 0 radical (unpaired) electrons. The summed E-state index contributed by atoms with van der Waals surface area (Å²) in [6.07, 6.45) is 9.03. The Morgan fingerprint density at radius 1 is 1.10 bits per heavy atom. The average Bonchev–Trinajstić information content (AvgIpc) is 2.47. The van der Waals surface area contributed by atoms with Crippen LogP contribution < -0.4 is 0 Å². The third-order valence-electron chi connectivity index (χ3n) is 4.03. The lowest BCUT2D eigenvalue weighted by Crippen LogP contribution is -2.02. The second-order valence-corrected chi connectivity index (χ2v) is 6.51. The fraction of sp³-hybridized carbons (Fsp3) is 0.714. The van der Waals surface area contributed by atoms with Crippen molar-refractivity contribution in [1.82, 2.24) is 0 Å². The lowest BCUT2D eigenvalue weighted by atomic mass is 9.91. The Morgan fingerprint density at radius 3 is 1.62 bits per heavy atom. The van der Waals surface area contributed by atoms with Gasteiger partial charge >= 0.3 is 0 Å². The van der Waals surface area contributed by atoms with Crippen molar-refractivity contribution < 1.29 is 0 Å². The van der Waals surface area contributed by atoms with Gasteiger partial charge in [-0.25, -0.2) is 0 Å². The molecule has 0 saturated heterocycles. The maximum absolute atomic E-state index is 3.83. The smallest absolute Gasteiger partial charge is 0.0180 e. The topological polar surface area (TPSA) is 0 Å². The first-order valence-electron chi connectivity index (χ1n) is 8.56. The molecule has 1 unspecified atom stereocenters. The van der Waals surface area contributed by atoms with Crippen LogP contribution in [0.3, 0.4) is 0 Å². The summed E-state index contributed by atoms with van der Waals surface area (Å²) in [6.45, 7) is 27.0. The molecule has 0 aliphatic rings. The molecule has 0 aromatic rings. The number of hydrogen-bond donors (Lipinski definition) is 0. The highest BCUT2D eigenvalue weighted by atomic mass is 14.1. The van der Waals surface area contributed by atoms with Crippen LogP contribution in [0.25, 0.3) is 0 Å². The van der Waals surface area contributed by atoms with Gasteiger partial charge in [-0.1, -0.05) is 78.3 Å². The van der Waals surface area contributed by atoms with Gasteiger partial charge in [0.25, 0.3) is 0 Å². The van der Waals surface area contributed by atoms with Gasteiger partial charge in [0.15, 0.2) is 0 Å². The molecule has 0 heteroatoms. The molecule has 0 bridgehead atoms. The van der Waals surface area contributed by atoms with Crippen molar-refractivity contribution in [3.8, 4) is 0 Å². The Bertz CT molecular complexity index is 278. The van der Waals surface area contributed by atoms with Gasteiger partial charge < -0.3 is 0 Å². The first-order chi connectivity index (χ1) is 9.61. The molecule has 0 aliphatic carbocycles. The SMILES string of the molecule is C=C(C)C(C)CC.C=CC(C)(C)CC.CCC=C(C)CC. The summed E-state index contributed by atoms with van der Waals surface area (Å²) in [4.78, 5) is 0. The summed E-state index contributed by atoms with van der Waals surface area (Å²) in [5.74, 6) is 0.708. The number of hydrogen-bond acceptors (Lipinski definition) is 0. The Kier molecular flexibility index (Phi) is 18.7. The van der Waals surface area contributed by atoms with Crippen LogP contribution in [0.5, 0.6) is 0 Å². The van der Waals surface area contributed by atoms with E-state index in [1.54, 1.807) is 0 Å². The molecule has 1 atom stereocenters. The predicted molar refractivity (Wildman–Crippen MR) is 103 cm³/mol. The van der Waals surface area contributed by atoms with E-state index in [0.717, 1.165) is 0 Å². The minimum atomic E-state index is 0.347. The zero-order chi connectivity index (χ0) is 17.5. The van der Waals surface area contributed by atoms with Crippen molar-refractivity contribution in [1.29, 1.82) is 0 Å². The van der Waals surface area contributed by atoms with Crippen LogP contribution in [-0.4, -0.2) is 0 Å². The van der Waals surface area contributed by atoms with Gasteiger partial charge in [0.05, 0.1) is 0 Å². The molecule has 0 aliphatic heterocycles. The van der Waals surface area contributed by atoms with Crippen LogP contribution in [0.2, 0.25) is 0 Å². The summed E-state index contributed by atoms with van der Waals surface area (Å²) < 4.78 is 0. The normalized spacial score (nSPS) is 12.3. The molecular weight excluding hydrogens is 252 g/mol. The van der Waals surface area contributed by atoms with Gasteiger partial charge in [-0.15, -0.1) is 6.58 Å². The van der Waals surface area contributed by atoms with Crippen molar-refractivity contribution in [2.75, 3.05) is 0 Å². The Balaban J connectivity index is -0.000000231. The van der Waals surface area contributed by atoms with E-state index in [1.165, 1.54) is 36.8 Å². The van der Waals surface area contributed by atoms with Crippen LogP contribution in [-0.2, 0) is 0 Å². The summed E-state index contributed by atoms with van der Waals surface area (Å²) in [5, 5.41) is 0. The molecule has 0 fully saturated rings. The van der Waals surface area contributed by atoms with Gasteiger partial charge in [0.2, 0.25) is 0 Å². The molecule has 0 heterocycles. The van der Waals surface area contributed by atoms with Crippen LogP contribution in [0, 0.1) is 11.3 Å². The van der Waals surface area contributed by atoms with Gasteiger partial charge in [0, 0.05) is 0 Å². The fourth-order valence-corrected chi connectivity index (χ4v) is 0.986. The number of rotatable bonds is 6. The Morgan fingerprint density at radius 2 is 1.57 bits per heavy atom. The van der Waals surface area contributed by atoms with E-state index in [-0.39, 0.29) is 0 Å². The minimum absolute atomic E-state index is 0.347. The first kappa shape index (κ1) is 25.2. The maximum Gasteiger partial charge on any atom is -0.0180 e. The van der Waals surface area contributed by atoms with Gasteiger partial charge in [0.1, 0.15) is 0 Å². The molecule has 21 heavy (non-hydrogen) atoms. The Hall–Kier alpha value is -0.780. The monoisotopic (exact) mass is 294 g/mol. The highest BCUT2D eigenvalue weighted by Crippen LogP contribution is 2.19. The average molecular weight is 295 g/mol. The van der Waals surface area contributed by atoms with Crippen molar-refractivity contribution in [2.45, 2.75) is 88.0 Å². The lowest BCUT2D eigenvalue weighted by molar-refractivity contribution is 0.463. The fourth-order valence-electron chi connectivity index (χ4n) is 0.986. The van der Waals surface area contributed by atoms with E-state index >= 15 is 0 Å².